The summed E-state index contributed by atoms with van der Waals surface area (Å²) in [4.78, 5) is 0. The number of anilines is 1. The van der Waals surface area contributed by atoms with Crippen LogP contribution >= 0.6 is 0 Å². The van der Waals surface area contributed by atoms with Gasteiger partial charge in [0.05, 0.1) is 0 Å². The Labute approximate surface area is 129 Å². The highest BCUT2D eigenvalue weighted by Gasteiger charge is 2.09. The molecule has 0 saturated carbocycles. The lowest BCUT2D eigenvalue weighted by atomic mass is 9.98. The van der Waals surface area contributed by atoms with Crippen molar-refractivity contribution < 1.29 is 0 Å². The molecule has 0 saturated heterocycles. The van der Waals surface area contributed by atoms with Crippen LogP contribution in [0.2, 0.25) is 0 Å². The topological polar surface area (TPSA) is 12.0 Å². The van der Waals surface area contributed by atoms with E-state index in [9.17, 15) is 0 Å². The van der Waals surface area contributed by atoms with E-state index in [0.29, 0.717) is 12.0 Å². The van der Waals surface area contributed by atoms with E-state index in [1.54, 1.807) is 0 Å². The van der Waals surface area contributed by atoms with E-state index in [-0.39, 0.29) is 0 Å². The van der Waals surface area contributed by atoms with Gasteiger partial charge in [0.1, 0.15) is 0 Å². The van der Waals surface area contributed by atoms with E-state index in [4.69, 9.17) is 0 Å². The Morgan fingerprint density at radius 3 is 2.19 bits per heavy atom. The zero-order chi connectivity index (χ0) is 15.4. The van der Waals surface area contributed by atoms with Gasteiger partial charge in [0.15, 0.2) is 0 Å². The molecule has 0 spiro atoms. The van der Waals surface area contributed by atoms with E-state index < -0.39 is 0 Å². The number of aryl methyl sites for hydroxylation is 2. The summed E-state index contributed by atoms with van der Waals surface area (Å²) in [5.41, 5.74) is 6.65. The molecular weight excluding hydrogens is 254 g/mol. The molecule has 21 heavy (non-hydrogen) atoms. The molecule has 0 heterocycles. The summed E-state index contributed by atoms with van der Waals surface area (Å²) in [7, 11) is 0. The first-order chi connectivity index (χ1) is 10.0. The van der Waals surface area contributed by atoms with E-state index in [1.807, 2.05) is 0 Å². The van der Waals surface area contributed by atoms with Crippen LogP contribution in [0, 0.1) is 13.8 Å². The molecule has 0 amide bonds. The first-order valence-electron chi connectivity index (χ1n) is 7.95. The summed E-state index contributed by atoms with van der Waals surface area (Å²) in [6.45, 7) is 11.1. The van der Waals surface area contributed by atoms with Crippen LogP contribution in [0.15, 0.2) is 42.5 Å². The van der Waals surface area contributed by atoms with Crippen LogP contribution < -0.4 is 5.32 Å². The highest BCUT2D eigenvalue weighted by molar-refractivity contribution is 5.48. The van der Waals surface area contributed by atoms with Gasteiger partial charge in [0.25, 0.3) is 0 Å². The van der Waals surface area contributed by atoms with Crippen molar-refractivity contribution in [2.24, 2.45) is 0 Å². The minimum atomic E-state index is 0.319. The minimum Gasteiger partial charge on any atom is -0.379 e. The van der Waals surface area contributed by atoms with E-state index in [2.05, 4.69) is 82.4 Å². The lowest BCUT2D eigenvalue weighted by Crippen LogP contribution is -2.08. The van der Waals surface area contributed by atoms with Gasteiger partial charge in [0.2, 0.25) is 0 Å². The predicted octanol–water partition coefficient (Wildman–Crippen LogP) is 5.99. The molecule has 2 rings (SSSR count). The van der Waals surface area contributed by atoms with Gasteiger partial charge in [-0.1, -0.05) is 49.7 Å². The molecule has 2 aromatic carbocycles. The third-order valence-corrected chi connectivity index (χ3v) is 4.37. The van der Waals surface area contributed by atoms with Crippen molar-refractivity contribution in [2.75, 3.05) is 5.32 Å². The summed E-state index contributed by atoms with van der Waals surface area (Å²) in [5.74, 6) is 0.635. The third-order valence-electron chi connectivity index (χ3n) is 4.37. The van der Waals surface area contributed by atoms with Crippen LogP contribution in [0.4, 0.5) is 5.69 Å². The molecule has 0 aliphatic heterocycles. The van der Waals surface area contributed by atoms with E-state index >= 15 is 0 Å². The quantitative estimate of drug-likeness (QED) is 0.709. The van der Waals surface area contributed by atoms with Crippen molar-refractivity contribution >= 4 is 5.69 Å². The Balaban J connectivity index is 2.10. The predicted molar refractivity (Wildman–Crippen MR) is 93.1 cm³/mol. The summed E-state index contributed by atoms with van der Waals surface area (Å²) in [5, 5.41) is 3.60. The van der Waals surface area contributed by atoms with Crippen molar-refractivity contribution in [3.63, 3.8) is 0 Å². The second kappa shape index (κ2) is 6.80. The Morgan fingerprint density at radius 1 is 0.952 bits per heavy atom. The molecular formula is C20H27N. The van der Waals surface area contributed by atoms with Gasteiger partial charge >= 0.3 is 0 Å². The summed E-state index contributed by atoms with van der Waals surface area (Å²) >= 11 is 0. The highest BCUT2D eigenvalue weighted by Crippen LogP contribution is 2.25. The molecule has 0 bridgehead atoms. The van der Waals surface area contributed by atoms with Crippen LogP contribution in [-0.4, -0.2) is 0 Å². The molecule has 1 heteroatoms. The second-order valence-corrected chi connectivity index (χ2v) is 6.16. The summed E-state index contributed by atoms with van der Waals surface area (Å²) < 4.78 is 0. The van der Waals surface area contributed by atoms with Gasteiger partial charge in [-0.15, -0.1) is 0 Å². The average Bonchev–Trinajstić information content (AvgIpc) is 2.47. The fourth-order valence-corrected chi connectivity index (χ4v) is 2.78. The maximum atomic E-state index is 3.60. The number of rotatable bonds is 5. The summed E-state index contributed by atoms with van der Waals surface area (Å²) in [6.07, 6.45) is 1.19. The third kappa shape index (κ3) is 3.87. The molecule has 0 aliphatic carbocycles. The van der Waals surface area contributed by atoms with E-state index in [1.165, 1.54) is 34.4 Å². The van der Waals surface area contributed by atoms with Gasteiger partial charge in [-0.25, -0.2) is 0 Å². The SMILES string of the molecule is CCC(C)c1ccc(NC(C)c2ccc(C)cc2C)cc1. The second-order valence-electron chi connectivity index (χ2n) is 6.16. The Bertz CT molecular complexity index is 583. The maximum absolute atomic E-state index is 3.60. The summed E-state index contributed by atoms with van der Waals surface area (Å²) in [6, 6.07) is 15.9. The van der Waals surface area contributed by atoms with Crippen LogP contribution in [0.5, 0.6) is 0 Å². The fourth-order valence-electron chi connectivity index (χ4n) is 2.78. The Morgan fingerprint density at radius 2 is 1.62 bits per heavy atom. The van der Waals surface area contributed by atoms with Gasteiger partial charge < -0.3 is 5.32 Å². The Hall–Kier alpha value is -1.76. The van der Waals surface area contributed by atoms with Gasteiger partial charge in [-0.3, -0.25) is 0 Å². The van der Waals surface area contributed by atoms with Crippen LogP contribution in [-0.2, 0) is 0 Å². The van der Waals surface area contributed by atoms with Crippen LogP contribution in [0.1, 0.15) is 61.4 Å². The number of benzene rings is 2. The first kappa shape index (κ1) is 15.6. The van der Waals surface area contributed by atoms with Gasteiger partial charge in [-0.05, 0) is 61.9 Å². The van der Waals surface area contributed by atoms with Crippen molar-refractivity contribution in [1.29, 1.82) is 0 Å². The zero-order valence-electron chi connectivity index (χ0n) is 13.9. The molecule has 0 aliphatic rings. The van der Waals surface area contributed by atoms with Crippen molar-refractivity contribution in [1.82, 2.24) is 0 Å². The van der Waals surface area contributed by atoms with Gasteiger partial charge in [-0.2, -0.15) is 0 Å². The fraction of sp³-hybridized carbons (Fsp3) is 0.400. The largest absolute Gasteiger partial charge is 0.379 e. The van der Waals surface area contributed by atoms with Crippen molar-refractivity contribution in [3.8, 4) is 0 Å². The van der Waals surface area contributed by atoms with Crippen LogP contribution in [0.25, 0.3) is 0 Å². The number of nitrogens with one attached hydrogen (secondary N) is 1. The normalized spacial score (nSPS) is 13.8. The van der Waals surface area contributed by atoms with Crippen LogP contribution in [0.3, 0.4) is 0 Å². The molecule has 2 atom stereocenters. The van der Waals surface area contributed by atoms with E-state index in [0.717, 1.165) is 0 Å². The maximum Gasteiger partial charge on any atom is 0.0488 e. The lowest BCUT2D eigenvalue weighted by Gasteiger charge is -2.19. The average molecular weight is 281 g/mol. The minimum absolute atomic E-state index is 0.319. The highest BCUT2D eigenvalue weighted by atomic mass is 14.9. The monoisotopic (exact) mass is 281 g/mol. The zero-order valence-corrected chi connectivity index (χ0v) is 13.9. The molecule has 2 unspecified atom stereocenters. The number of hydrogen-bond donors (Lipinski definition) is 1. The Kier molecular flexibility index (Phi) is 5.06. The molecule has 0 aromatic heterocycles. The van der Waals surface area contributed by atoms with Crippen molar-refractivity contribution in [2.45, 2.75) is 53.0 Å². The smallest absolute Gasteiger partial charge is 0.0488 e. The van der Waals surface area contributed by atoms with Gasteiger partial charge in [0, 0.05) is 11.7 Å². The molecule has 112 valence electrons. The lowest BCUT2D eigenvalue weighted by molar-refractivity contribution is 0.733. The first-order valence-corrected chi connectivity index (χ1v) is 7.95. The molecule has 0 fully saturated rings. The number of hydrogen-bond acceptors (Lipinski definition) is 1. The molecule has 0 radical (unpaired) electrons. The molecule has 2 aromatic rings. The molecule has 1 N–H and O–H groups in total. The van der Waals surface area contributed by atoms with Crippen molar-refractivity contribution in [3.05, 3.63) is 64.7 Å². The standard InChI is InChI=1S/C20H27N/c1-6-15(3)18-8-10-19(11-9-18)21-17(5)20-12-7-14(2)13-16(20)4/h7-13,15,17,21H,6H2,1-5H3. The molecule has 1 nitrogen and oxygen atoms in total.